The zero-order valence-corrected chi connectivity index (χ0v) is 24.7. The molecule has 46 heavy (non-hydrogen) atoms. The van der Waals surface area contributed by atoms with E-state index in [2.05, 4.69) is 20.3 Å². The first-order valence-electron chi connectivity index (χ1n) is 14.6. The monoisotopic (exact) mass is 602 g/mol. The molecule has 0 saturated heterocycles. The van der Waals surface area contributed by atoms with Crippen LogP contribution < -0.4 is 10.6 Å². The van der Waals surface area contributed by atoms with Gasteiger partial charge in [-0.15, -0.1) is 0 Å². The van der Waals surface area contributed by atoms with Crippen LogP contribution in [-0.2, 0) is 4.79 Å². The van der Waals surface area contributed by atoms with Gasteiger partial charge in [-0.1, -0.05) is 72.8 Å². The average molecular weight is 603 g/mol. The van der Waals surface area contributed by atoms with Gasteiger partial charge in [0.15, 0.2) is 11.9 Å². The van der Waals surface area contributed by atoms with E-state index in [0.717, 1.165) is 11.1 Å². The van der Waals surface area contributed by atoms with E-state index >= 15 is 0 Å². The lowest BCUT2D eigenvalue weighted by Gasteiger charge is -2.11. The maximum Gasteiger partial charge on any atom is 0.282 e. The van der Waals surface area contributed by atoms with E-state index < -0.39 is 6.04 Å². The molecule has 0 N–H and O–H groups in total. The summed E-state index contributed by atoms with van der Waals surface area (Å²) in [4.78, 5) is 36.0. The highest BCUT2D eigenvalue weighted by Crippen LogP contribution is 2.26. The molecule has 0 aliphatic carbocycles. The van der Waals surface area contributed by atoms with E-state index in [4.69, 9.17) is 10.1 Å². The number of fused-ring (bicyclic) bond motifs is 1. The third-order valence-corrected chi connectivity index (χ3v) is 7.48. The summed E-state index contributed by atoms with van der Waals surface area (Å²) in [5.74, 6) is 0.142. The SMILES string of the molecule is C/C(=N/n1c(-c2ccccc2)nc2ccccc2c1=O)c1ccc(N=NC2C(=O)N(c3ccccc3)N=C2c2cccnc2)cc1. The van der Waals surface area contributed by atoms with E-state index in [1.54, 1.807) is 36.7 Å². The van der Waals surface area contributed by atoms with Gasteiger partial charge in [0.2, 0.25) is 0 Å². The van der Waals surface area contributed by atoms with E-state index in [9.17, 15) is 9.59 Å². The van der Waals surface area contributed by atoms with Gasteiger partial charge in [0, 0.05) is 23.5 Å². The highest BCUT2D eigenvalue weighted by molar-refractivity contribution is 6.24. The van der Waals surface area contributed by atoms with Crippen LogP contribution >= 0.6 is 0 Å². The largest absolute Gasteiger partial charge is 0.282 e. The molecule has 0 fully saturated rings. The van der Waals surface area contributed by atoms with Gasteiger partial charge >= 0.3 is 0 Å². The molecule has 10 nitrogen and oxygen atoms in total. The molecule has 0 spiro atoms. The average Bonchev–Trinajstić information content (AvgIpc) is 3.45. The summed E-state index contributed by atoms with van der Waals surface area (Å²) >= 11 is 0. The first-order chi connectivity index (χ1) is 22.6. The van der Waals surface area contributed by atoms with E-state index in [1.807, 2.05) is 104 Å². The third kappa shape index (κ3) is 5.50. The summed E-state index contributed by atoms with van der Waals surface area (Å²) in [5.41, 5.74) is 4.85. The lowest BCUT2D eigenvalue weighted by molar-refractivity contribution is -0.117. The molecule has 10 heteroatoms. The van der Waals surface area contributed by atoms with Crippen molar-refractivity contribution in [1.82, 2.24) is 14.6 Å². The van der Waals surface area contributed by atoms with Gasteiger partial charge in [-0.2, -0.15) is 30.1 Å². The van der Waals surface area contributed by atoms with Gasteiger partial charge in [0.1, 0.15) is 5.71 Å². The van der Waals surface area contributed by atoms with Crippen molar-refractivity contribution < 1.29 is 4.79 Å². The van der Waals surface area contributed by atoms with Crippen LogP contribution in [-0.4, -0.2) is 38.0 Å². The molecule has 6 aromatic rings. The predicted molar refractivity (Wildman–Crippen MR) is 178 cm³/mol. The molecule has 0 bridgehead atoms. The van der Waals surface area contributed by atoms with Crippen LogP contribution in [0.5, 0.6) is 0 Å². The Bertz CT molecular complexity index is 2200. The summed E-state index contributed by atoms with van der Waals surface area (Å²) in [5, 5.41) is 20.0. The molecule has 0 radical (unpaired) electrons. The fourth-order valence-corrected chi connectivity index (χ4v) is 5.12. The molecule has 1 aliphatic heterocycles. The first-order valence-corrected chi connectivity index (χ1v) is 14.6. The van der Waals surface area contributed by atoms with Crippen molar-refractivity contribution in [3.8, 4) is 11.4 Å². The second kappa shape index (κ2) is 12.3. The van der Waals surface area contributed by atoms with Crippen molar-refractivity contribution >= 4 is 39.6 Å². The first kappa shape index (κ1) is 28.4. The molecule has 4 aromatic carbocycles. The standard InChI is InChI=1S/C36H26N8O2/c1-24(41-44-34(26-11-4-2-5-12-26)38-31-17-9-8-16-30(31)35(44)45)25-18-20-28(21-19-25)39-40-33-32(27-13-10-22-37-23-27)42-43(36(33)46)29-14-6-3-7-15-29/h2-23,33H,1H3/b40-39?,41-24-. The molecule has 2 aromatic heterocycles. The number of para-hydroxylation sites is 2. The number of amides is 1. The molecule has 7 rings (SSSR count). The predicted octanol–water partition coefficient (Wildman–Crippen LogP) is 6.63. The highest BCUT2D eigenvalue weighted by Gasteiger charge is 2.38. The van der Waals surface area contributed by atoms with Crippen LogP contribution in [0, 0.1) is 0 Å². The molecule has 1 atom stereocenters. The van der Waals surface area contributed by atoms with Crippen molar-refractivity contribution in [2.24, 2.45) is 20.4 Å². The lowest BCUT2D eigenvalue weighted by atomic mass is 10.1. The number of carbonyl (C=O) groups is 1. The van der Waals surface area contributed by atoms with Gasteiger partial charge in [-0.05, 0) is 61.0 Å². The molecule has 3 heterocycles. The van der Waals surface area contributed by atoms with Crippen molar-refractivity contribution in [3.05, 3.63) is 155 Å². The maximum atomic E-state index is 13.6. The number of azo groups is 1. The summed E-state index contributed by atoms with van der Waals surface area (Å²) in [6, 6.07) is 35.9. The molecule has 222 valence electrons. The summed E-state index contributed by atoms with van der Waals surface area (Å²) in [6.45, 7) is 1.83. The number of pyridine rings is 1. The number of rotatable bonds is 7. The Labute approximate surface area is 263 Å². The fourth-order valence-electron chi connectivity index (χ4n) is 5.12. The molecule has 1 amide bonds. The highest BCUT2D eigenvalue weighted by atomic mass is 16.2. The van der Waals surface area contributed by atoms with Gasteiger partial charge in [0.05, 0.1) is 28.0 Å². The van der Waals surface area contributed by atoms with Crippen molar-refractivity contribution in [2.75, 3.05) is 5.01 Å². The fraction of sp³-hybridized carbons (Fsp3) is 0.0556. The molecular weight excluding hydrogens is 576 g/mol. The van der Waals surface area contributed by atoms with E-state index in [0.29, 0.717) is 45.1 Å². The van der Waals surface area contributed by atoms with Gasteiger partial charge in [-0.25, -0.2) is 4.98 Å². The number of hydrogen-bond donors (Lipinski definition) is 0. The van der Waals surface area contributed by atoms with Crippen molar-refractivity contribution in [3.63, 3.8) is 0 Å². The number of aromatic nitrogens is 3. The van der Waals surface area contributed by atoms with Crippen LogP contribution in [0.1, 0.15) is 18.1 Å². The Morgan fingerprint density at radius 2 is 1.46 bits per heavy atom. The number of hydrogen-bond acceptors (Lipinski definition) is 8. The quantitative estimate of drug-likeness (QED) is 0.150. The summed E-state index contributed by atoms with van der Waals surface area (Å²) in [6.07, 6.45) is 3.31. The van der Waals surface area contributed by atoms with Crippen LogP contribution in [0.3, 0.4) is 0 Å². The number of carbonyl (C=O) groups excluding carboxylic acids is 1. The Morgan fingerprint density at radius 3 is 2.20 bits per heavy atom. The minimum absolute atomic E-state index is 0.258. The summed E-state index contributed by atoms with van der Waals surface area (Å²) in [7, 11) is 0. The second-order valence-electron chi connectivity index (χ2n) is 10.5. The normalized spacial score (nSPS) is 15.1. The van der Waals surface area contributed by atoms with E-state index in [1.165, 1.54) is 9.69 Å². The summed E-state index contributed by atoms with van der Waals surface area (Å²) < 4.78 is 1.35. The minimum Gasteiger partial charge on any atom is -0.269 e. The number of benzene rings is 4. The molecule has 1 aliphatic rings. The third-order valence-electron chi connectivity index (χ3n) is 7.48. The van der Waals surface area contributed by atoms with Crippen LogP contribution in [0.15, 0.2) is 159 Å². The topological polar surface area (TPSA) is 118 Å². The van der Waals surface area contributed by atoms with Crippen molar-refractivity contribution in [2.45, 2.75) is 13.0 Å². The smallest absolute Gasteiger partial charge is 0.269 e. The van der Waals surface area contributed by atoms with Gasteiger partial charge in [0.25, 0.3) is 11.5 Å². The van der Waals surface area contributed by atoms with Gasteiger partial charge < -0.3 is 0 Å². The zero-order chi connectivity index (χ0) is 31.5. The Kier molecular flexibility index (Phi) is 7.58. The molecule has 1 unspecified atom stereocenters. The Balaban J connectivity index is 1.19. The number of hydrazone groups is 1. The second-order valence-corrected chi connectivity index (χ2v) is 10.5. The Hall–Kier alpha value is -6.42. The van der Waals surface area contributed by atoms with Crippen LogP contribution in [0.2, 0.25) is 0 Å². The zero-order valence-electron chi connectivity index (χ0n) is 24.7. The van der Waals surface area contributed by atoms with Crippen LogP contribution in [0.25, 0.3) is 22.3 Å². The molecule has 0 saturated carbocycles. The number of nitrogens with zero attached hydrogens (tertiary/aromatic N) is 8. The Morgan fingerprint density at radius 1 is 0.761 bits per heavy atom. The van der Waals surface area contributed by atoms with E-state index in [-0.39, 0.29) is 11.5 Å². The van der Waals surface area contributed by atoms with Gasteiger partial charge in [-0.3, -0.25) is 14.6 Å². The van der Waals surface area contributed by atoms with Crippen molar-refractivity contribution in [1.29, 1.82) is 0 Å². The molecular formula is C36H26N8O2. The lowest BCUT2D eigenvalue weighted by Crippen LogP contribution is -2.30. The number of anilines is 1. The minimum atomic E-state index is -0.934. The van der Waals surface area contributed by atoms with Crippen LogP contribution in [0.4, 0.5) is 11.4 Å². The maximum absolute atomic E-state index is 13.6.